The summed E-state index contributed by atoms with van der Waals surface area (Å²) in [6, 6.07) is 16.1. The summed E-state index contributed by atoms with van der Waals surface area (Å²) in [7, 11) is 1.50. The lowest BCUT2D eigenvalue weighted by atomic mass is 10.0. The molecular formula is C34H38N4O7. The molecule has 0 aliphatic carbocycles. The second-order valence-electron chi connectivity index (χ2n) is 11.5. The van der Waals surface area contributed by atoms with Crippen LogP contribution < -0.4 is 10.1 Å². The number of aromatic nitrogens is 1. The van der Waals surface area contributed by atoms with Crippen LogP contribution in [0.15, 0.2) is 65.2 Å². The van der Waals surface area contributed by atoms with Crippen LogP contribution in [0.25, 0.3) is 22.2 Å². The van der Waals surface area contributed by atoms with E-state index in [2.05, 4.69) is 10.3 Å². The van der Waals surface area contributed by atoms with Gasteiger partial charge in [-0.2, -0.15) is 0 Å². The third-order valence-electron chi connectivity index (χ3n) is 7.84. The monoisotopic (exact) mass is 614 g/mol. The van der Waals surface area contributed by atoms with Crippen molar-refractivity contribution in [1.29, 1.82) is 0 Å². The number of ketones is 1. The first-order valence-electron chi connectivity index (χ1n) is 15.0. The number of methoxy groups -OCH3 is 1. The third-order valence-corrected chi connectivity index (χ3v) is 7.84. The van der Waals surface area contributed by atoms with Crippen LogP contribution in [-0.4, -0.2) is 83.8 Å². The fraction of sp³-hybridized carbons (Fsp3) is 0.353. The van der Waals surface area contributed by atoms with Crippen molar-refractivity contribution < 1.29 is 33.1 Å². The lowest BCUT2D eigenvalue weighted by molar-refractivity contribution is -0.128. The first-order valence-corrected chi connectivity index (χ1v) is 15.0. The Morgan fingerprint density at radius 1 is 0.956 bits per heavy atom. The molecule has 1 fully saturated rings. The minimum atomic E-state index is -0.669. The van der Waals surface area contributed by atoms with E-state index in [4.69, 9.17) is 13.9 Å². The van der Waals surface area contributed by atoms with E-state index in [1.165, 1.54) is 18.2 Å². The van der Waals surface area contributed by atoms with Crippen molar-refractivity contribution in [3.05, 3.63) is 77.7 Å². The van der Waals surface area contributed by atoms with Gasteiger partial charge in [0, 0.05) is 50.1 Å². The lowest BCUT2D eigenvalue weighted by Gasteiger charge is -2.34. The molecule has 2 N–H and O–H groups in total. The van der Waals surface area contributed by atoms with Crippen LogP contribution in [0.3, 0.4) is 0 Å². The molecule has 0 bridgehead atoms. The minimum absolute atomic E-state index is 0.100. The molecule has 236 valence electrons. The molecule has 45 heavy (non-hydrogen) atoms. The summed E-state index contributed by atoms with van der Waals surface area (Å²) in [6.45, 7) is 7.52. The van der Waals surface area contributed by atoms with Gasteiger partial charge >= 0.3 is 0 Å². The quantitative estimate of drug-likeness (QED) is 0.189. The zero-order chi connectivity index (χ0) is 32.1. The Bertz CT molecular complexity index is 1700. The number of fused-ring (bicyclic) bond motifs is 1. The van der Waals surface area contributed by atoms with Gasteiger partial charge in [-0.3, -0.25) is 19.2 Å². The third kappa shape index (κ3) is 6.93. The van der Waals surface area contributed by atoms with Crippen LogP contribution in [0.2, 0.25) is 0 Å². The van der Waals surface area contributed by atoms with Gasteiger partial charge in [0.2, 0.25) is 5.91 Å². The Morgan fingerprint density at radius 2 is 1.67 bits per heavy atom. The molecule has 2 aromatic carbocycles. The van der Waals surface area contributed by atoms with Crippen molar-refractivity contribution in [1.82, 2.24) is 20.1 Å². The Balaban J connectivity index is 1.29. The Labute approximate surface area is 261 Å². The Kier molecular flexibility index (Phi) is 9.38. The number of rotatable bonds is 11. The van der Waals surface area contributed by atoms with E-state index in [9.17, 15) is 19.2 Å². The molecule has 2 aromatic heterocycles. The molecule has 11 heteroatoms. The first-order chi connectivity index (χ1) is 21.6. The molecule has 1 aliphatic rings. The number of hydrogen-bond donors (Lipinski definition) is 2. The summed E-state index contributed by atoms with van der Waals surface area (Å²) in [5, 5.41) is 3.33. The van der Waals surface area contributed by atoms with Crippen LogP contribution in [-0.2, 0) is 20.9 Å². The fourth-order valence-electron chi connectivity index (χ4n) is 5.60. The van der Waals surface area contributed by atoms with Gasteiger partial charge < -0.3 is 34.0 Å². The average molecular weight is 615 g/mol. The maximum atomic E-state index is 13.5. The van der Waals surface area contributed by atoms with Gasteiger partial charge in [0.25, 0.3) is 17.6 Å². The van der Waals surface area contributed by atoms with Crippen molar-refractivity contribution in [2.24, 2.45) is 0 Å². The predicted molar refractivity (Wildman–Crippen MR) is 168 cm³/mol. The van der Waals surface area contributed by atoms with Crippen LogP contribution in [0.1, 0.15) is 53.7 Å². The summed E-state index contributed by atoms with van der Waals surface area (Å²) < 4.78 is 17.2. The van der Waals surface area contributed by atoms with Crippen LogP contribution in [0.5, 0.6) is 5.75 Å². The van der Waals surface area contributed by atoms with E-state index < -0.39 is 17.3 Å². The maximum Gasteiger partial charge on any atom is 0.295 e. The van der Waals surface area contributed by atoms with Gasteiger partial charge in [-0.05, 0) is 57.2 Å². The van der Waals surface area contributed by atoms with E-state index >= 15 is 0 Å². The highest BCUT2D eigenvalue weighted by molar-refractivity contribution is 6.45. The van der Waals surface area contributed by atoms with E-state index in [0.29, 0.717) is 59.0 Å². The van der Waals surface area contributed by atoms with Gasteiger partial charge in [-0.1, -0.05) is 18.2 Å². The standard InChI is InChI=1S/C34H38N4O7/c1-5-44-34(2,3)19-28(39)35-20-23-11-13-26(45-23)24-12-14-27(43-4)29-25(21-36-30(24)29)31(40)33(42)38-17-15-37(16-18-38)32(41)22-9-7-6-8-10-22/h6-14,21,36H,5,15-20H2,1-4H3,(H,35,39). The topological polar surface area (TPSA) is 134 Å². The number of piperazine rings is 1. The predicted octanol–water partition coefficient (Wildman–Crippen LogP) is 4.43. The van der Waals surface area contributed by atoms with E-state index in [0.717, 1.165) is 0 Å². The van der Waals surface area contributed by atoms with Gasteiger partial charge in [-0.25, -0.2) is 0 Å². The van der Waals surface area contributed by atoms with Crippen molar-refractivity contribution in [3.8, 4) is 17.1 Å². The number of nitrogens with one attached hydrogen (secondary N) is 2. The number of Topliss-reactive ketones (excluding diaryl/α,β-unsaturated/α-hetero) is 1. The number of H-pyrrole nitrogens is 1. The van der Waals surface area contributed by atoms with E-state index in [1.807, 2.05) is 45.0 Å². The normalized spacial score (nSPS) is 13.6. The molecule has 3 heterocycles. The SMILES string of the molecule is CCOC(C)(C)CC(=O)NCc1ccc(-c2ccc(OC)c3c(C(=O)C(=O)N4CCN(C(=O)c5ccccc5)CC4)c[nH]c23)o1. The highest BCUT2D eigenvalue weighted by Crippen LogP contribution is 2.37. The van der Waals surface area contributed by atoms with Crippen molar-refractivity contribution in [2.45, 2.75) is 39.3 Å². The molecule has 1 saturated heterocycles. The molecule has 0 radical (unpaired) electrons. The summed E-state index contributed by atoms with van der Waals surface area (Å²) >= 11 is 0. The van der Waals surface area contributed by atoms with E-state index in [-0.39, 0.29) is 43.4 Å². The molecule has 1 aliphatic heterocycles. The number of hydrogen-bond acceptors (Lipinski definition) is 7. The number of amides is 3. The number of carbonyl (C=O) groups is 4. The molecule has 0 saturated carbocycles. The Hall–Kier alpha value is -4.90. The number of nitrogens with zero attached hydrogens (tertiary/aromatic N) is 2. The summed E-state index contributed by atoms with van der Waals surface area (Å²) in [6.07, 6.45) is 1.73. The molecule has 3 amide bonds. The van der Waals surface area contributed by atoms with Crippen LogP contribution >= 0.6 is 0 Å². The number of furan rings is 1. The zero-order valence-electron chi connectivity index (χ0n) is 26.0. The van der Waals surface area contributed by atoms with Gasteiger partial charge in [0.15, 0.2) is 0 Å². The highest BCUT2D eigenvalue weighted by Gasteiger charge is 2.31. The smallest absolute Gasteiger partial charge is 0.295 e. The molecule has 0 atom stereocenters. The number of benzene rings is 2. The molecule has 4 aromatic rings. The van der Waals surface area contributed by atoms with Crippen molar-refractivity contribution in [3.63, 3.8) is 0 Å². The number of carbonyl (C=O) groups excluding carboxylic acids is 4. The second kappa shape index (κ2) is 13.4. The summed E-state index contributed by atoms with van der Waals surface area (Å²) in [5.74, 6) is -0.0552. The summed E-state index contributed by atoms with van der Waals surface area (Å²) in [5.41, 5.74) is 1.45. The molecular weight excluding hydrogens is 576 g/mol. The average Bonchev–Trinajstić information content (AvgIpc) is 3.71. The first kappa shape index (κ1) is 31.5. The van der Waals surface area contributed by atoms with Gasteiger partial charge in [0.1, 0.15) is 17.3 Å². The molecule has 5 rings (SSSR count). The van der Waals surface area contributed by atoms with Gasteiger partial charge in [-0.15, -0.1) is 0 Å². The van der Waals surface area contributed by atoms with Gasteiger partial charge in [0.05, 0.1) is 42.1 Å². The van der Waals surface area contributed by atoms with Crippen LogP contribution in [0, 0.1) is 0 Å². The minimum Gasteiger partial charge on any atom is -0.496 e. The van der Waals surface area contributed by atoms with Crippen LogP contribution in [0.4, 0.5) is 0 Å². The highest BCUT2D eigenvalue weighted by atomic mass is 16.5. The van der Waals surface area contributed by atoms with Crippen molar-refractivity contribution >= 4 is 34.4 Å². The zero-order valence-corrected chi connectivity index (χ0v) is 26.0. The number of ether oxygens (including phenoxy) is 2. The summed E-state index contributed by atoms with van der Waals surface area (Å²) in [4.78, 5) is 58.5. The largest absolute Gasteiger partial charge is 0.496 e. The molecule has 11 nitrogen and oxygen atoms in total. The van der Waals surface area contributed by atoms with E-state index in [1.54, 1.807) is 35.2 Å². The maximum absolute atomic E-state index is 13.5. The number of aromatic amines is 1. The molecule has 0 unspecified atom stereocenters. The Morgan fingerprint density at radius 3 is 2.36 bits per heavy atom. The molecule has 0 spiro atoms. The fourth-order valence-corrected chi connectivity index (χ4v) is 5.60. The second-order valence-corrected chi connectivity index (χ2v) is 11.5. The van der Waals surface area contributed by atoms with Crippen molar-refractivity contribution in [2.75, 3.05) is 39.9 Å². The lowest BCUT2D eigenvalue weighted by Crippen LogP contribution is -2.52.